The van der Waals surface area contributed by atoms with Gasteiger partial charge in [-0.05, 0) is 43.3 Å². The molecule has 0 saturated heterocycles. The van der Waals surface area contributed by atoms with Crippen molar-refractivity contribution < 1.29 is 33.1 Å². The maximum Gasteiger partial charge on any atom is 0.469 e. The lowest BCUT2D eigenvalue weighted by Gasteiger charge is -2.13. The molecule has 0 radical (unpaired) electrons. The molecule has 1 amide bonds. The lowest BCUT2D eigenvalue weighted by Crippen LogP contribution is -2.39. The summed E-state index contributed by atoms with van der Waals surface area (Å²) in [5.74, 6) is 1.22. The SMILES string of the molecule is CCOc1cccc(Oc2ccc(NC(=O)[C@@H](N)COP(=O)(O)O)cc2)c1. The summed E-state index contributed by atoms with van der Waals surface area (Å²) in [5, 5.41) is 2.52. The summed E-state index contributed by atoms with van der Waals surface area (Å²) >= 11 is 0. The number of rotatable bonds is 9. The topological polar surface area (TPSA) is 140 Å². The van der Waals surface area contributed by atoms with Crippen LogP contribution in [-0.2, 0) is 13.9 Å². The zero-order chi connectivity index (χ0) is 19.9. The van der Waals surface area contributed by atoms with Crippen LogP contribution in [0, 0.1) is 0 Å². The molecule has 0 aliphatic carbocycles. The first kappa shape index (κ1) is 20.9. The molecule has 0 aliphatic rings. The largest absolute Gasteiger partial charge is 0.494 e. The Bertz CT molecular complexity index is 807. The summed E-state index contributed by atoms with van der Waals surface area (Å²) in [6.45, 7) is 1.84. The van der Waals surface area contributed by atoms with Crippen molar-refractivity contribution in [3.05, 3.63) is 48.5 Å². The Kier molecular flexibility index (Phi) is 7.35. The molecule has 0 aromatic heterocycles. The van der Waals surface area contributed by atoms with Gasteiger partial charge in [0.1, 0.15) is 23.3 Å². The summed E-state index contributed by atoms with van der Waals surface area (Å²) < 4.78 is 26.0. The van der Waals surface area contributed by atoms with Crippen molar-refractivity contribution >= 4 is 19.4 Å². The van der Waals surface area contributed by atoms with Crippen molar-refractivity contribution in [2.75, 3.05) is 18.5 Å². The number of anilines is 1. The van der Waals surface area contributed by atoms with Crippen LogP contribution >= 0.6 is 7.82 Å². The van der Waals surface area contributed by atoms with Gasteiger partial charge in [-0.25, -0.2) is 4.57 Å². The average molecular weight is 396 g/mol. The zero-order valence-corrected chi connectivity index (χ0v) is 15.5. The number of hydrogen-bond acceptors (Lipinski definition) is 6. The first-order valence-corrected chi connectivity index (χ1v) is 9.57. The van der Waals surface area contributed by atoms with E-state index in [2.05, 4.69) is 9.84 Å². The second-order valence-electron chi connectivity index (χ2n) is 5.42. The normalized spacial score (nSPS) is 12.3. The molecule has 2 aromatic carbocycles. The minimum absolute atomic E-state index is 0.446. The Labute approximate surface area is 156 Å². The monoisotopic (exact) mass is 396 g/mol. The highest BCUT2D eigenvalue weighted by Crippen LogP contribution is 2.35. The maximum atomic E-state index is 11.9. The van der Waals surface area contributed by atoms with Gasteiger partial charge in [0.25, 0.3) is 0 Å². The van der Waals surface area contributed by atoms with Crippen LogP contribution in [0.3, 0.4) is 0 Å². The number of hydrogen-bond donors (Lipinski definition) is 4. The van der Waals surface area contributed by atoms with Crippen molar-refractivity contribution in [3.63, 3.8) is 0 Å². The number of phosphoric acid groups is 1. The van der Waals surface area contributed by atoms with E-state index in [4.69, 9.17) is 25.0 Å². The molecule has 27 heavy (non-hydrogen) atoms. The molecule has 146 valence electrons. The van der Waals surface area contributed by atoms with Crippen molar-refractivity contribution in [2.45, 2.75) is 13.0 Å². The standard InChI is InChI=1S/C17H21N2O7P/c1-2-24-14-4-3-5-15(10-14)26-13-8-6-12(7-9-13)19-17(20)16(18)11-25-27(21,22)23/h3-10,16H,2,11,18H2,1H3,(H,19,20)(H2,21,22,23)/t16-/m0/s1. The van der Waals surface area contributed by atoms with Gasteiger partial charge in [-0.3, -0.25) is 9.32 Å². The third-order valence-corrected chi connectivity index (χ3v) is 3.72. The number of nitrogens with one attached hydrogen (secondary N) is 1. The summed E-state index contributed by atoms with van der Waals surface area (Å²) in [6.07, 6.45) is 0. The van der Waals surface area contributed by atoms with Crippen molar-refractivity contribution in [2.24, 2.45) is 5.73 Å². The summed E-state index contributed by atoms with van der Waals surface area (Å²) in [4.78, 5) is 29.1. The maximum absolute atomic E-state index is 11.9. The number of ether oxygens (including phenoxy) is 2. The minimum Gasteiger partial charge on any atom is -0.494 e. The second-order valence-corrected chi connectivity index (χ2v) is 6.66. The number of nitrogens with two attached hydrogens (primary N) is 1. The molecule has 0 saturated carbocycles. The number of benzene rings is 2. The van der Waals surface area contributed by atoms with Crippen LogP contribution in [0.15, 0.2) is 48.5 Å². The third kappa shape index (κ3) is 7.38. The minimum atomic E-state index is -4.68. The quantitative estimate of drug-likeness (QED) is 0.473. The third-order valence-electron chi connectivity index (χ3n) is 3.23. The van der Waals surface area contributed by atoms with E-state index in [1.165, 1.54) is 0 Å². The number of phosphoric ester groups is 1. The van der Waals surface area contributed by atoms with E-state index >= 15 is 0 Å². The van der Waals surface area contributed by atoms with Crippen LogP contribution in [0.4, 0.5) is 5.69 Å². The molecule has 0 spiro atoms. The lowest BCUT2D eigenvalue weighted by molar-refractivity contribution is -0.118. The second kappa shape index (κ2) is 9.50. The Morgan fingerprint density at radius 2 is 1.81 bits per heavy atom. The average Bonchev–Trinajstić information content (AvgIpc) is 2.61. The molecule has 2 rings (SSSR count). The lowest BCUT2D eigenvalue weighted by atomic mass is 10.2. The molecule has 2 aromatic rings. The molecular formula is C17H21N2O7P. The zero-order valence-electron chi connectivity index (χ0n) is 14.6. The van der Waals surface area contributed by atoms with Gasteiger partial charge in [0.2, 0.25) is 5.91 Å². The molecule has 5 N–H and O–H groups in total. The van der Waals surface area contributed by atoms with Gasteiger partial charge in [-0.15, -0.1) is 0 Å². The van der Waals surface area contributed by atoms with Gasteiger partial charge in [-0.1, -0.05) is 6.07 Å². The number of carbonyl (C=O) groups excluding carboxylic acids is 1. The van der Waals surface area contributed by atoms with E-state index in [-0.39, 0.29) is 0 Å². The van der Waals surface area contributed by atoms with Crippen LogP contribution in [-0.4, -0.2) is 34.9 Å². The molecule has 0 heterocycles. The fraction of sp³-hybridized carbons (Fsp3) is 0.235. The highest BCUT2D eigenvalue weighted by atomic mass is 31.2. The van der Waals surface area contributed by atoms with E-state index in [1.807, 2.05) is 19.1 Å². The molecule has 1 atom stereocenters. The van der Waals surface area contributed by atoms with Crippen molar-refractivity contribution in [1.82, 2.24) is 0 Å². The van der Waals surface area contributed by atoms with E-state index in [0.717, 1.165) is 0 Å². The van der Waals surface area contributed by atoms with E-state index in [9.17, 15) is 9.36 Å². The molecule has 0 fully saturated rings. The predicted octanol–water partition coefficient (Wildman–Crippen LogP) is 2.25. The Hall–Kier alpha value is -2.42. The highest BCUT2D eigenvalue weighted by molar-refractivity contribution is 7.46. The molecule has 10 heteroatoms. The first-order chi connectivity index (χ1) is 12.8. The molecule has 0 bridgehead atoms. The van der Waals surface area contributed by atoms with Gasteiger partial charge in [0.05, 0.1) is 13.2 Å². The highest BCUT2D eigenvalue weighted by Gasteiger charge is 2.20. The number of amides is 1. The van der Waals surface area contributed by atoms with Crippen LogP contribution in [0.1, 0.15) is 6.92 Å². The molecule has 9 nitrogen and oxygen atoms in total. The first-order valence-electron chi connectivity index (χ1n) is 8.04. The van der Waals surface area contributed by atoms with E-state index < -0.39 is 26.4 Å². The van der Waals surface area contributed by atoms with Crippen molar-refractivity contribution in [3.8, 4) is 17.2 Å². The van der Waals surface area contributed by atoms with E-state index in [0.29, 0.717) is 29.5 Å². The summed E-state index contributed by atoms with van der Waals surface area (Å²) in [5.41, 5.74) is 5.97. The van der Waals surface area contributed by atoms with Gasteiger partial charge in [0, 0.05) is 11.8 Å². The fourth-order valence-corrected chi connectivity index (χ4v) is 2.38. The van der Waals surface area contributed by atoms with Crippen molar-refractivity contribution in [1.29, 1.82) is 0 Å². The summed E-state index contributed by atoms with van der Waals surface area (Å²) in [6, 6.07) is 12.5. The molecule has 0 aliphatic heterocycles. The van der Waals surface area contributed by atoms with Gasteiger partial charge < -0.3 is 30.3 Å². The Morgan fingerprint density at radius 1 is 1.15 bits per heavy atom. The van der Waals surface area contributed by atoms with Crippen LogP contribution in [0.2, 0.25) is 0 Å². The van der Waals surface area contributed by atoms with Gasteiger partial charge >= 0.3 is 7.82 Å². The fourth-order valence-electron chi connectivity index (χ4n) is 2.02. The molecule has 0 unspecified atom stereocenters. The smallest absolute Gasteiger partial charge is 0.469 e. The van der Waals surface area contributed by atoms with Gasteiger partial charge in [0.15, 0.2) is 0 Å². The van der Waals surface area contributed by atoms with Gasteiger partial charge in [-0.2, -0.15) is 0 Å². The summed E-state index contributed by atoms with van der Waals surface area (Å²) in [7, 11) is -4.68. The Morgan fingerprint density at radius 3 is 2.44 bits per heavy atom. The van der Waals surface area contributed by atoms with Crippen LogP contribution in [0.25, 0.3) is 0 Å². The molecular weight excluding hydrogens is 375 g/mol. The number of carbonyl (C=O) groups is 1. The van der Waals surface area contributed by atoms with Crippen LogP contribution in [0.5, 0.6) is 17.2 Å². The van der Waals surface area contributed by atoms with Crippen LogP contribution < -0.4 is 20.5 Å². The Balaban J connectivity index is 1.92. The van der Waals surface area contributed by atoms with E-state index in [1.54, 1.807) is 36.4 Å². The predicted molar refractivity (Wildman–Crippen MR) is 98.7 cm³/mol.